The molecule has 0 bridgehead atoms. The van der Waals surface area contributed by atoms with E-state index in [1.54, 1.807) is 0 Å². The second kappa shape index (κ2) is 6.55. The van der Waals surface area contributed by atoms with Crippen LogP contribution in [0.5, 0.6) is 0 Å². The SMILES string of the molecule is Cc1ccccc1.N=Cc1ccccc1. The molecule has 0 atom stereocenters. The molecule has 0 unspecified atom stereocenters. The normalized spacial score (nSPS) is 8.60. The van der Waals surface area contributed by atoms with Crippen LogP contribution in [-0.4, -0.2) is 6.21 Å². The van der Waals surface area contributed by atoms with Crippen LogP contribution in [0.25, 0.3) is 0 Å². The summed E-state index contributed by atoms with van der Waals surface area (Å²) in [6.07, 6.45) is 1.33. The van der Waals surface area contributed by atoms with Crippen molar-refractivity contribution < 1.29 is 0 Å². The molecular formula is C14H15N. The van der Waals surface area contributed by atoms with E-state index in [4.69, 9.17) is 5.41 Å². The lowest BCUT2D eigenvalue weighted by atomic mass is 10.2. The highest BCUT2D eigenvalue weighted by molar-refractivity contribution is 5.76. The Kier molecular flexibility index (Phi) is 4.88. The summed E-state index contributed by atoms with van der Waals surface area (Å²) in [6, 6.07) is 19.8. The van der Waals surface area contributed by atoms with Gasteiger partial charge in [0.2, 0.25) is 0 Å². The van der Waals surface area contributed by atoms with Crippen LogP contribution < -0.4 is 0 Å². The monoisotopic (exact) mass is 197 g/mol. The first-order valence-corrected chi connectivity index (χ1v) is 4.90. The Hall–Kier alpha value is -1.89. The Morgan fingerprint density at radius 3 is 1.53 bits per heavy atom. The van der Waals surface area contributed by atoms with Gasteiger partial charge >= 0.3 is 0 Å². The average Bonchev–Trinajstić information content (AvgIpc) is 2.32. The van der Waals surface area contributed by atoms with Crippen LogP contribution in [0, 0.1) is 12.3 Å². The van der Waals surface area contributed by atoms with E-state index in [-0.39, 0.29) is 0 Å². The molecule has 0 fully saturated rings. The third-order valence-corrected chi connectivity index (χ3v) is 1.91. The third kappa shape index (κ3) is 4.77. The van der Waals surface area contributed by atoms with E-state index < -0.39 is 0 Å². The van der Waals surface area contributed by atoms with Crippen molar-refractivity contribution in [3.63, 3.8) is 0 Å². The van der Waals surface area contributed by atoms with Crippen LogP contribution in [0.1, 0.15) is 11.1 Å². The van der Waals surface area contributed by atoms with Crippen molar-refractivity contribution in [1.82, 2.24) is 0 Å². The van der Waals surface area contributed by atoms with Crippen LogP contribution in [0.3, 0.4) is 0 Å². The molecule has 0 amide bonds. The van der Waals surface area contributed by atoms with Crippen LogP contribution in [0.2, 0.25) is 0 Å². The van der Waals surface area contributed by atoms with E-state index in [0.29, 0.717) is 0 Å². The number of rotatable bonds is 1. The van der Waals surface area contributed by atoms with Gasteiger partial charge in [0.15, 0.2) is 0 Å². The maximum Gasteiger partial charge on any atom is 0.0250 e. The summed E-state index contributed by atoms with van der Waals surface area (Å²) in [6.45, 7) is 2.08. The standard InChI is InChI=1S/C7H7N.C7H8/c8-6-7-4-2-1-3-5-7;1-7-5-3-2-4-6-7/h1-6,8H;2-6H,1H3. The lowest BCUT2D eigenvalue weighted by Gasteiger charge is -1.84. The van der Waals surface area contributed by atoms with Crippen LogP contribution in [0.4, 0.5) is 0 Å². The first-order valence-electron chi connectivity index (χ1n) is 4.90. The summed E-state index contributed by atoms with van der Waals surface area (Å²) in [4.78, 5) is 0. The molecule has 1 nitrogen and oxygen atoms in total. The minimum Gasteiger partial charge on any atom is -0.308 e. The Balaban J connectivity index is 0.000000151. The molecule has 0 spiro atoms. The van der Waals surface area contributed by atoms with Gasteiger partial charge in [0.25, 0.3) is 0 Å². The minimum absolute atomic E-state index is 0.951. The maximum atomic E-state index is 6.82. The zero-order valence-corrected chi connectivity index (χ0v) is 8.85. The molecular weight excluding hydrogens is 182 g/mol. The lowest BCUT2D eigenvalue weighted by Crippen LogP contribution is -1.73. The van der Waals surface area contributed by atoms with Gasteiger partial charge in [0.1, 0.15) is 0 Å². The van der Waals surface area contributed by atoms with Gasteiger partial charge in [-0.15, -0.1) is 0 Å². The van der Waals surface area contributed by atoms with E-state index in [2.05, 4.69) is 19.1 Å². The Morgan fingerprint density at radius 2 is 1.27 bits per heavy atom. The number of hydrogen-bond donors (Lipinski definition) is 1. The summed E-state index contributed by atoms with van der Waals surface area (Å²) in [7, 11) is 0. The van der Waals surface area contributed by atoms with Crippen molar-refractivity contribution in [2.45, 2.75) is 6.92 Å². The summed E-state index contributed by atoms with van der Waals surface area (Å²) in [5.41, 5.74) is 2.27. The molecule has 0 heterocycles. The van der Waals surface area contributed by atoms with E-state index >= 15 is 0 Å². The highest BCUT2D eigenvalue weighted by Gasteiger charge is 1.77. The largest absolute Gasteiger partial charge is 0.308 e. The molecule has 1 N–H and O–H groups in total. The van der Waals surface area contributed by atoms with E-state index in [9.17, 15) is 0 Å². The zero-order valence-electron chi connectivity index (χ0n) is 8.85. The highest BCUT2D eigenvalue weighted by Crippen LogP contribution is 1.92. The third-order valence-electron chi connectivity index (χ3n) is 1.91. The van der Waals surface area contributed by atoms with Gasteiger partial charge in [-0.1, -0.05) is 66.2 Å². The number of benzene rings is 2. The average molecular weight is 197 g/mol. The van der Waals surface area contributed by atoms with Crippen molar-refractivity contribution in [3.05, 3.63) is 71.8 Å². The molecule has 0 aliphatic carbocycles. The smallest absolute Gasteiger partial charge is 0.0250 e. The maximum absolute atomic E-state index is 6.82. The van der Waals surface area contributed by atoms with Gasteiger partial charge < -0.3 is 5.41 Å². The van der Waals surface area contributed by atoms with Crippen LogP contribution >= 0.6 is 0 Å². The molecule has 0 aromatic heterocycles. The fourth-order valence-electron chi connectivity index (χ4n) is 1.08. The first kappa shape index (κ1) is 11.2. The predicted octanol–water partition coefficient (Wildman–Crippen LogP) is 3.68. The molecule has 2 rings (SSSR count). The minimum atomic E-state index is 0.951. The molecule has 0 radical (unpaired) electrons. The van der Waals surface area contributed by atoms with E-state index in [1.807, 2.05) is 48.5 Å². The number of aryl methyl sites for hydroxylation is 1. The molecule has 0 saturated heterocycles. The summed E-state index contributed by atoms with van der Waals surface area (Å²) < 4.78 is 0. The molecule has 76 valence electrons. The quantitative estimate of drug-likeness (QED) is 0.674. The second-order valence-corrected chi connectivity index (χ2v) is 3.21. The zero-order chi connectivity index (χ0) is 10.9. The van der Waals surface area contributed by atoms with Crippen molar-refractivity contribution in [1.29, 1.82) is 5.41 Å². The highest BCUT2D eigenvalue weighted by atomic mass is 14.3. The summed E-state index contributed by atoms with van der Waals surface area (Å²) in [5, 5.41) is 6.82. The fraction of sp³-hybridized carbons (Fsp3) is 0.0714. The van der Waals surface area contributed by atoms with E-state index in [1.165, 1.54) is 11.8 Å². The molecule has 1 heteroatoms. The topological polar surface area (TPSA) is 23.9 Å². The van der Waals surface area contributed by atoms with Crippen molar-refractivity contribution in [2.24, 2.45) is 0 Å². The molecule has 0 aliphatic rings. The van der Waals surface area contributed by atoms with Crippen molar-refractivity contribution in [2.75, 3.05) is 0 Å². The van der Waals surface area contributed by atoms with Gasteiger partial charge in [-0.2, -0.15) is 0 Å². The van der Waals surface area contributed by atoms with Gasteiger partial charge in [0, 0.05) is 6.21 Å². The molecule has 2 aromatic rings. The van der Waals surface area contributed by atoms with E-state index in [0.717, 1.165) is 5.56 Å². The van der Waals surface area contributed by atoms with Gasteiger partial charge in [-0.3, -0.25) is 0 Å². The van der Waals surface area contributed by atoms with Crippen molar-refractivity contribution >= 4 is 6.21 Å². The molecule has 0 aliphatic heterocycles. The predicted molar refractivity (Wildman–Crippen MR) is 65.5 cm³/mol. The van der Waals surface area contributed by atoms with Gasteiger partial charge in [-0.05, 0) is 12.5 Å². The second-order valence-electron chi connectivity index (χ2n) is 3.21. The Labute approximate surface area is 90.9 Å². The van der Waals surface area contributed by atoms with Crippen molar-refractivity contribution in [3.8, 4) is 0 Å². The molecule has 0 saturated carbocycles. The first-order chi connectivity index (χ1) is 7.33. The lowest BCUT2D eigenvalue weighted by molar-refractivity contribution is 1.48. The summed E-state index contributed by atoms with van der Waals surface area (Å²) >= 11 is 0. The van der Waals surface area contributed by atoms with Crippen LogP contribution in [-0.2, 0) is 0 Å². The fourth-order valence-corrected chi connectivity index (χ4v) is 1.08. The number of hydrogen-bond acceptors (Lipinski definition) is 1. The number of nitrogens with one attached hydrogen (secondary N) is 1. The Bertz CT molecular complexity index is 379. The molecule has 2 aromatic carbocycles. The van der Waals surface area contributed by atoms with Gasteiger partial charge in [0.05, 0.1) is 0 Å². The van der Waals surface area contributed by atoms with Gasteiger partial charge in [-0.25, -0.2) is 0 Å². The molecule has 15 heavy (non-hydrogen) atoms. The van der Waals surface area contributed by atoms with Crippen LogP contribution in [0.15, 0.2) is 60.7 Å². The Morgan fingerprint density at radius 1 is 0.800 bits per heavy atom. The summed E-state index contributed by atoms with van der Waals surface area (Å²) in [5.74, 6) is 0.